The van der Waals surface area contributed by atoms with Crippen LogP contribution in [-0.2, 0) is 9.84 Å². The van der Waals surface area contributed by atoms with E-state index in [-0.39, 0.29) is 16.3 Å². The van der Waals surface area contributed by atoms with Crippen LogP contribution in [0.25, 0.3) is 5.76 Å². The predicted molar refractivity (Wildman–Crippen MR) is 81.9 cm³/mol. The minimum atomic E-state index is -4.18. The maximum absolute atomic E-state index is 13.0. The molecule has 0 aliphatic heterocycles. The minimum absolute atomic E-state index is 0.125. The lowest BCUT2D eigenvalue weighted by atomic mass is 10.2. The van der Waals surface area contributed by atoms with Gasteiger partial charge in [-0.25, -0.2) is 17.8 Å². The highest BCUT2D eigenvalue weighted by molar-refractivity contribution is 7.91. The van der Waals surface area contributed by atoms with E-state index in [1.165, 1.54) is 6.33 Å². The monoisotopic (exact) mass is 363 g/mol. The number of benzene rings is 1. The zero-order chi connectivity index (χ0) is 18.0. The molecule has 0 atom stereocenters. The Morgan fingerprint density at radius 3 is 2.60 bits per heavy atom. The number of sulfone groups is 1. The summed E-state index contributed by atoms with van der Waals surface area (Å²) in [6, 6.07) is 5.23. The van der Waals surface area contributed by atoms with Crippen molar-refractivity contribution in [2.24, 2.45) is 0 Å². The fourth-order valence-electron chi connectivity index (χ4n) is 2.01. The van der Waals surface area contributed by atoms with Gasteiger partial charge in [0.15, 0.2) is 11.5 Å². The van der Waals surface area contributed by atoms with Crippen molar-refractivity contribution >= 4 is 21.4 Å². The Balaban J connectivity index is 1.99. The third-order valence-corrected chi connectivity index (χ3v) is 4.87. The summed E-state index contributed by atoms with van der Waals surface area (Å²) in [5, 5.41) is 15.1. The zero-order valence-corrected chi connectivity index (χ0v) is 13.2. The van der Waals surface area contributed by atoms with Gasteiger partial charge in [0.05, 0.1) is 16.7 Å². The largest absolute Gasteiger partial charge is 0.504 e. The van der Waals surface area contributed by atoms with Gasteiger partial charge >= 0.3 is 0 Å². The summed E-state index contributed by atoms with van der Waals surface area (Å²) >= 11 is 0. The summed E-state index contributed by atoms with van der Waals surface area (Å²) in [4.78, 5) is 15.7. The molecule has 2 heterocycles. The van der Waals surface area contributed by atoms with E-state index in [1.54, 1.807) is 0 Å². The molecule has 1 aromatic carbocycles. The first-order valence-electron chi connectivity index (χ1n) is 6.79. The van der Waals surface area contributed by atoms with Gasteiger partial charge in [0.2, 0.25) is 20.8 Å². The quantitative estimate of drug-likeness (QED) is 0.308. The molecule has 25 heavy (non-hydrogen) atoms. The number of aliphatic hydroxyl groups excluding tert-OH is 1. The highest BCUT2D eigenvalue weighted by atomic mass is 32.2. The van der Waals surface area contributed by atoms with E-state index in [1.807, 2.05) is 0 Å². The summed E-state index contributed by atoms with van der Waals surface area (Å²) in [7, 11) is -4.18. The van der Waals surface area contributed by atoms with Gasteiger partial charge in [0.1, 0.15) is 12.1 Å². The van der Waals surface area contributed by atoms with Gasteiger partial charge in [-0.1, -0.05) is 0 Å². The molecule has 2 N–H and O–H groups in total. The Kier molecular flexibility index (Phi) is 4.19. The average Bonchev–Trinajstić information content (AvgIpc) is 3.27. The van der Waals surface area contributed by atoms with Crippen LogP contribution in [0.1, 0.15) is 16.2 Å². The number of furan rings is 1. The summed E-state index contributed by atoms with van der Waals surface area (Å²) in [5.74, 6) is -2.09. The molecule has 128 valence electrons. The third kappa shape index (κ3) is 3.19. The third-order valence-electron chi connectivity index (χ3n) is 3.18. The first kappa shape index (κ1) is 16.6. The van der Waals surface area contributed by atoms with Crippen LogP contribution in [0.5, 0.6) is 0 Å². The number of nitrogens with one attached hydrogen (secondary N) is 1. The topological polar surface area (TPSA) is 126 Å². The summed E-state index contributed by atoms with van der Waals surface area (Å²) in [6.07, 6.45) is 3.01. The number of halogens is 1. The molecule has 0 amide bonds. The number of carbonyl (C=O) groups excluding carboxylic acids is 1. The Labute approximate surface area is 140 Å². The lowest BCUT2D eigenvalue weighted by molar-refractivity contribution is 0.104. The molecule has 0 fully saturated rings. The van der Waals surface area contributed by atoms with Crippen LogP contribution in [0.2, 0.25) is 0 Å². The van der Waals surface area contributed by atoms with Crippen molar-refractivity contribution in [2.75, 3.05) is 0 Å². The van der Waals surface area contributed by atoms with Crippen molar-refractivity contribution in [1.29, 1.82) is 0 Å². The molecule has 0 saturated carbocycles. The van der Waals surface area contributed by atoms with Crippen LogP contribution in [0, 0.1) is 5.82 Å². The summed E-state index contributed by atoms with van der Waals surface area (Å²) in [6.45, 7) is 0. The van der Waals surface area contributed by atoms with E-state index in [2.05, 4.69) is 15.2 Å². The van der Waals surface area contributed by atoms with Gasteiger partial charge in [-0.3, -0.25) is 9.89 Å². The van der Waals surface area contributed by atoms with E-state index in [4.69, 9.17) is 4.42 Å². The molecular weight excluding hydrogens is 353 g/mol. The molecule has 2 aromatic heterocycles. The molecule has 0 saturated heterocycles. The highest BCUT2D eigenvalue weighted by Crippen LogP contribution is 2.26. The van der Waals surface area contributed by atoms with Crippen LogP contribution < -0.4 is 0 Å². The molecule has 10 heteroatoms. The number of hydrogen-bond donors (Lipinski definition) is 2. The number of aromatic nitrogens is 3. The second-order valence-electron chi connectivity index (χ2n) is 4.80. The first-order valence-corrected chi connectivity index (χ1v) is 8.27. The number of H-pyrrole nitrogens is 1. The predicted octanol–water partition coefficient (Wildman–Crippen LogP) is 2.15. The maximum atomic E-state index is 13.0. The lowest BCUT2D eigenvalue weighted by Gasteiger charge is -2.03. The number of nitrogens with zero attached hydrogens (tertiary/aromatic N) is 2. The molecule has 0 bridgehead atoms. The number of ketones is 1. The molecular formula is C15H10FN3O5S. The van der Waals surface area contributed by atoms with Gasteiger partial charge in [0.25, 0.3) is 0 Å². The van der Waals surface area contributed by atoms with Crippen LogP contribution in [0.15, 0.2) is 63.4 Å². The Bertz CT molecular complexity index is 1040. The standard InChI is InChI=1S/C15H10FN3O5S/c16-9-1-3-10(4-2-9)25(22,23)15-11(5-6-24-15)12(20)7-13(21)14-17-8-18-19-14/h1-8,21H,(H,17,18,19). The van der Waals surface area contributed by atoms with E-state index in [0.717, 1.165) is 42.7 Å². The normalized spacial score (nSPS) is 12.3. The Morgan fingerprint density at radius 1 is 1.24 bits per heavy atom. The van der Waals surface area contributed by atoms with Crippen molar-refractivity contribution < 1.29 is 27.1 Å². The summed E-state index contributed by atoms with van der Waals surface area (Å²) in [5.41, 5.74) is -0.286. The zero-order valence-electron chi connectivity index (χ0n) is 12.4. The Hall–Kier alpha value is -3.27. The van der Waals surface area contributed by atoms with E-state index >= 15 is 0 Å². The van der Waals surface area contributed by atoms with Crippen LogP contribution in [-0.4, -0.2) is 34.5 Å². The molecule has 0 unspecified atom stereocenters. The van der Waals surface area contributed by atoms with Gasteiger partial charge in [0, 0.05) is 6.08 Å². The number of aliphatic hydroxyl groups is 1. The van der Waals surface area contributed by atoms with Crippen molar-refractivity contribution in [3.05, 3.63) is 66.2 Å². The molecule has 0 aliphatic rings. The fourth-order valence-corrected chi connectivity index (χ4v) is 3.35. The van der Waals surface area contributed by atoms with Crippen LogP contribution in [0.4, 0.5) is 4.39 Å². The fraction of sp³-hybridized carbons (Fsp3) is 0. The summed E-state index contributed by atoms with van der Waals surface area (Å²) < 4.78 is 43.1. The van der Waals surface area contributed by atoms with Crippen molar-refractivity contribution in [2.45, 2.75) is 9.99 Å². The van der Waals surface area contributed by atoms with E-state index < -0.39 is 32.3 Å². The second kappa shape index (κ2) is 6.32. The molecule has 3 aromatic rings. The van der Waals surface area contributed by atoms with Crippen LogP contribution >= 0.6 is 0 Å². The number of rotatable bonds is 5. The average molecular weight is 363 g/mol. The van der Waals surface area contributed by atoms with Crippen molar-refractivity contribution in [3.63, 3.8) is 0 Å². The molecule has 0 radical (unpaired) electrons. The van der Waals surface area contributed by atoms with E-state index in [0.29, 0.717) is 0 Å². The van der Waals surface area contributed by atoms with Crippen molar-refractivity contribution in [3.8, 4) is 0 Å². The molecule has 8 nitrogen and oxygen atoms in total. The molecule has 0 aliphatic carbocycles. The van der Waals surface area contributed by atoms with Crippen molar-refractivity contribution in [1.82, 2.24) is 15.2 Å². The van der Waals surface area contributed by atoms with E-state index in [9.17, 15) is 22.7 Å². The second-order valence-corrected chi connectivity index (χ2v) is 6.64. The number of allylic oxidation sites excluding steroid dienone is 1. The number of hydrogen-bond acceptors (Lipinski definition) is 7. The minimum Gasteiger partial charge on any atom is -0.504 e. The van der Waals surface area contributed by atoms with Gasteiger partial charge in [-0.05, 0) is 30.3 Å². The maximum Gasteiger partial charge on any atom is 0.240 e. The lowest BCUT2D eigenvalue weighted by Crippen LogP contribution is -2.07. The van der Waals surface area contributed by atoms with Crippen LogP contribution in [0.3, 0.4) is 0 Å². The molecule has 0 spiro atoms. The van der Waals surface area contributed by atoms with Gasteiger partial charge in [-0.15, -0.1) is 0 Å². The smallest absolute Gasteiger partial charge is 0.240 e. The number of aromatic amines is 1. The highest BCUT2D eigenvalue weighted by Gasteiger charge is 2.28. The number of carbonyl (C=O) groups is 1. The molecule has 3 rings (SSSR count). The van der Waals surface area contributed by atoms with Gasteiger partial charge in [-0.2, -0.15) is 5.10 Å². The van der Waals surface area contributed by atoms with Gasteiger partial charge < -0.3 is 9.52 Å². The first-order chi connectivity index (χ1) is 11.9. The SMILES string of the molecule is O=C(C=C(O)c1nc[nH]n1)c1ccoc1S(=O)(=O)c1ccc(F)cc1. The Morgan fingerprint density at radius 2 is 1.96 bits per heavy atom.